The summed E-state index contributed by atoms with van der Waals surface area (Å²) in [6.07, 6.45) is 12.8. The second-order valence-electron chi connectivity index (χ2n) is 12.1. The van der Waals surface area contributed by atoms with Crippen molar-refractivity contribution in [3.8, 4) is 11.1 Å². The predicted octanol–water partition coefficient (Wildman–Crippen LogP) is 5.88. The fourth-order valence-corrected chi connectivity index (χ4v) is 7.04. The van der Waals surface area contributed by atoms with Crippen LogP contribution in [0.15, 0.2) is 42.5 Å². The molecule has 4 aliphatic rings. The standard InChI is InChI=1S/C33H44N4O3/c1-35-31(25-9-7-5-3-2-4-6-8-10-25)28-16-15-27(23-29(28)34-35)24-11-13-26(14-12-24)32(38)36-18-20-37(21-19-36)33(39)30-17-22-40-30/h11-16,23,25,30-31,34H,2-10,17-22H2,1H3. The summed E-state index contributed by atoms with van der Waals surface area (Å²) in [4.78, 5) is 29.3. The molecule has 6 rings (SSSR count). The molecule has 7 nitrogen and oxygen atoms in total. The molecule has 2 amide bonds. The molecule has 40 heavy (non-hydrogen) atoms. The first-order chi connectivity index (χ1) is 19.6. The Labute approximate surface area is 238 Å². The number of benzene rings is 2. The molecule has 214 valence electrons. The maximum Gasteiger partial charge on any atom is 0.253 e. The Hall–Kier alpha value is -2.90. The number of hydrogen-bond donors (Lipinski definition) is 1. The lowest BCUT2D eigenvalue weighted by Gasteiger charge is -2.38. The number of anilines is 1. The molecule has 3 heterocycles. The van der Waals surface area contributed by atoms with E-state index in [9.17, 15) is 9.59 Å². The molecule has 0 aromatic heterocycles. The van der Waals surface area contributed by atoms with Crippen molar-refractivity contribution in [2.24, 2.45) is 5.92 Å². The van der Waals surface area contributed by atoms with E-state index in [0.717, 1.165) is 17.5 Å². The van der Waals surface area contributed by atoms with Gasteiger partial charge < -0.3 is 20.0 Å². The van der Waals surface area contributed by atoms with E-state index in [1.54, 1.807) is 0 Å². The van der Waals surface area contributed by atoms with Gasteiger partial charge in [0.2, 0.25) is 0 Å². The molecule has 2 unspecified atom stereocenters. The SMILES string of the molecule is CN1Nc2cc(-c3ccc(C(=O)N4CCN(C(=O)C5CCO5)CC4)cc3)ccc2C1C1CCCCCCCCC1. The van der Waals surface area contributed by atoms with E-state index in [1.807, 2.05) is 21.9 Å². The molecule has 1 saturated carbocycles. The molecule has 7 heteroatoms. The zero-order chi connectivity index (χ0) is 27.5. The summed E-state index contributed by atoms with van der Waals surface area (Å²) in [6.45, 7) is 2.93. The number of nitrogens with zero attached hydrogens (tertiary/aromatic N) is 3. The van der Waals surface area contributed by atoms with Gasteiger partial charge in [0.05, 0.1) is 18.3 Å². The summed E-state index contributed by atoms with van der Waals surface area (Å²) in [5.74, 6) is 0.795. The summed E-state index contributed by atoms with van der Waals surface area (Å²) >= 11 is 0. The average Bonchev–Trinajstić information content (AvgIpc) is 3.29. The maximum absolute atomic E-state index is 13.2. The molecule has 1 aliphatic carbocycles. The fourth-order valence-electron chi connectivity index (χ4n) is 7.04. The Bertz CT molecular complexity index is 1180. The molecule has 2 saturated heterocycles. The molecule has 0 spiro atoms. The van der Waals surface area contributed by atoms with Crippen LogP contribution in [0.25, 0.3) is 11.1 Å². The number of hydrogen-bond acceptors (Lipinski definition) is 5. The smallest absolute Gasteiger partial charge is 0.253 e. The van der Waals surface area contributed by atoms with Gasteiger partial charge in [-0.3, -0.25) is 9.59 Å². The Morgan fingerprint density at radius 1 is 0.775 bits per heavy atom. The van der Waals surface area contributed by atoms with Crippen molar-refractivity contribution < 1.29 is 14.3 Å². The highest BCUT2D eigenvalue weighted by Gasteiger charge is 2.35. The van der Waals surface area contributed by atoms with Crippen LogP contribution >= 0.6 is 0 Å². The van der Waals surface area contributed by atoms with Crippen molar-refractivity contribution in [3.63, 3.8) is 0 Å². The van der Waals surface area contributed by atoms with E-state index >= 15 is 0 Å². The molecule has 2 atom stereocenters. The van der Waals surface area contributed by atoms with E-state index in [-0.39, 0.29) is 17.9 Å². The summed E-state index contributed by atoms with van der Waals surface area (Å²) in [5, 5.41) is 2.33. The van der Waals surface area contributed by atoms with Crippen LogP contribution in [0.3, 0.4) is 0 Å². The van der Waals surface area contributed by atoms with Gasteiger partial charge in [-0.2, -0.15) is 0 Å². The Kier molecular flexibility index (Phi) is 8.40. The Morgan fingerprint density at radius 3 is 2.00 bits per heavy atom. The van der Waals surface area contributed by atoms with Crippen LogP contribution in [0, 0.1) is 5.92 Å². The van der Waals surface area contributed by atoms with Crippen LogP contribution in [0.1, 0.15) is 86.2 Å². The van der Waals surface area contributed by atoms with Crippen LogP contribution in [-0.2, 0) is 9.53 Å². The van der Waals surface area contributed by atoms with Gasteiger partial charge in [0.15, 0.2) is 0 Å². The van der Waals surface area contributed by atoms with Crippen LogP contribution < -0.4 is 5.43 Å². The second kappa shape index (κ2) is 12.3. The summed E-state index contributed by atoms with van der Waals surface area (Å²) in [7, 11) is 2.19. The van der Waals surface area contributed by atoms with E-state index in [2.05, 4.69) is 47.8 Å². The highest BCUT2D eigenvalue weighted by Crippen LogP contribution is 2.44. The van der Waals surface area contributed by atoms with Crippen molar-refractivity contribution in [3.05, 3.63) is 53.6 Å². The van der Waals surface area contributed by atoms with Gasteiger partial charge in [0.1, 0.15) is 6.10 Å². The molecule has 3 aliphatic heterocycles. The highest BCUT2D eigenvalue weighted by molar-refractivity contribution is 5.95. The predicted molar refractivity (Wildman–Crippen MR) is 158 cm³/mol. The van der Waals surface area contributed by atoms with Crippen LogP contribution in [-0.4, -0.2) is 72.6 Å². The summed E-state index contributed by atoms with van der Waals surface area (Å²) < 4.78 is 5.34. The Balaban J connectivity index is 1.09. The van der Waals surface area contributed by atoms with Crippen molar-refractivity contribution in [2.75, 3.05) is 45.3 Å². The van der Waals surface area contributed by atoms with E-state index in [0.29, 0.717) is 50.3 Å². The zero-order valence-corrected chi connectivity index (χ0v) is 23.9. The molecule has 0 radical (unpaired) electrons. The molecule has 1 N–H and O–H groups in total. The Morgan fingerprint density at radius 2 is 1.38 bits per heavy atom. The molecular weight excluding hydrogens is 500 g/mol. The van der Waals surface area contributed by atoms with Crippen molar-refractivity contribution in [1.29, 1.82) is 0 Å². The number of piperazine rings is 1. The number of fused-ring (bicyclic) bond motifs is 1. The second-order valence-corrected chi connectivity index (χ2v) is 12.1. The molecule has 0 bridgehead atoms. The monoisotopic (exact) mass is 544 g/mol. The van der Waals surface area contributed by atoms with Gasteiger partial charge in [0.25, 0.3) is 11.8 Å². The first kappa shape index (κ1) is 27.3. The maximum atomic E-state index is 13.2. The molecule has 2 aromatic carbocycles. The molecule has 2 aromatic rings. The van der Waals surface area contributed by atoms with Gasteiger partial charge in [-0.05, 0) is 53.6 Å². The van der Waals surface area contributed by atoms with Crippen molar-refractivity contribution in [1.82, 2.24) is 14.8 Å². The van der Waals surface area contributed by atoms with Gasteiger partial charge in [-0.25, -0.2) is 5.01 Å². The zero-order valence-electron chi connectivity index (χ0n) is 23.9. The number of rotatable bonds is 4. The van der Waals surface area contributed by atoms with E-state index in [1.165, 1.54) is 69.0 Å². The normalized spacial score (nSPS) is 24.6. The van der Waals surface area contributed by atoms with E-state index in [4.69, 9.17) is 4.74 Å². The minimum Gasteiger partial charge on any atom is -0.368 e. The minimum absolute atomic E-state index is 0.0318. The number of hydrazine groups is 1. The minimum atomic E-state index is -0.272. The van der Waals surface area contributed by atoms with Crippen LogP contribution in [0.5, 0.6) is 0 Å². The lowest BCUT2D eigenvalue weighted by Crippen LogP contribution is -2.54. The summed E-state index contributed by atoms with van der Waals surface area (Å²) in [5.41, 5.74) is 9.25. The number of amides is 2. The lowest BCUT2D eigenvalue weighted by atomic mass is 9.83. The average molecular weight is 545 g/mol. The van der Waals surface area contributed by atoms with Crippen molar-refractivity contribution >= 4 is 17.5 Å². The molecule has 3 fully saturated rings. The third-order valence-corrected chi connectivity index (χ3v) is 9.50. The van der Waals surface area contributed by atoms with Gasteiger partial charge >= 0.3 is 0 Å². The number of carbonyl (C=O) groups excluding carboxylic acids is 2. The summed E-state index contributed by atoms with van der Waals surface area (Å²) in [6, 6.07) is 15.2. The third kappa shape index (κ3) is 5.77. The fraction of sp³-hybridized carbons (Fsp3) is 0.576. The van der Waals surface area contributed by atoms with Gasteiger partial charge in [-0.1, -0.05) is 69.2 Å². The topological polar surface area (TPSA) is 65.1 Å². The number of nitrogens with one attached hydrogen (secondary N) is 1. The van der Waals surface area contributed by atoms with Gasteiger partial charge in [0, 0.05) is 45.2 Å². The van der Waals surface area contributed by atoms with Crippen LogP contribution in [0.2, 0.25) is 0 Å². The van der Waals surface area contributed by atoms with E-state index < -0.39 is 0 Å². The molecular formula is C33H44N4O3. The van der Waals surface area contributed by atoms with Crippen molar-refractivity contribution in [2.45, 2.75) is 76.4 Å². The number of ether oxygens (including phenoxy) is 1. The number of carbonyl (C=O) groups is 2. The van der Waals surface area contributed by atoms with Crippen LogP contribution in [0.4, 0.5) is 5.69 Å². The third-order valence-electron chi connectivity index (χ3n) is 9.50. The largest absolute Gasteiger partial charge is 0.368 e. The first-order valence-electron chi connectivity index (χ1n) is 15.5. The first-order valence-corrected chi connectivity index (χ1v) is 15.5. The lowest BCUT2D eigenvalue weighted by molar-refractivity contribution is -0.157. The van der Waals surface area contributed by atoms with Gasteiger partial charge in [-0.15, -0.1) is 0 Å². The highest BCUT2D eigenvalue weighted by atomic mass is 16.5. The quantitative estimate of drug-likeness (QED) is 0.521.